The molecule has 0 aromatic carbocycles. The zero-order valence-corrected chi connectivity index (χ0v) is 15.1. The molecule has 140 valence electrons. The van der Waals surface area contributed by atoms with E-state index >= 15 is 0 Å². The maximum atomic E-state index is 12.6. The highest BCUT2D eigenvalue weighted by molar-refractivity contribution is 7.91. The third kappa shape index (κ3) is 4.37. The van der Waals surface area contributed by atoms with Crippen molar-refractivity contribution in [3.8, 4) is 0 Å². The molecule has 10 heteroatoms. The Bertz CT molecular complexity index is 908. The molecule has 0 saturated carbocycles. The lowest BCUT2D eigenvalue weighted by Crippen LogP contribution is -2.25. The molecule has 26 heavy (non-hydrogen) atoms. The van der Waals surface area contributed by atoms with Crippen LogP contribution in [0.3, 0.4) is 0 Å². The van der Waals surface area contributed by atoms with Gasteiger partial charge in [-0.3, -0.25) is 4.98 Å². The van der Waals surface area contributed by atoms with Crippen LogP contribution < -0.4 is 0 Å². The predicted molar refractivity (Wildman–Crippen MR) is 91.1 cm³/mol. The first-order valence-electron chi connectivity index (χ1n) is 7.52. The fourth-order valence-electron chi connectivity index (χ4n) is 2.10. The Balaban J connectivity index is 2.56. The first kappa shape index (κ1) is 19.8. The average molecular weight is 386 g/mol. The second-order valence-electron chi connectivity index (χ2n) is 5.51. The maximum Gasteiger partial charge on any atom is 0.417 e. The van der Waals surface area contributed by atoms with E-state index in [1.165, 1.54) is 25.4 Å². The number of rotatable bonds is 4. The van der Waals surface area contributed by atoms with E-state index in [0.717, 1.165) is 12.1 Å². The molecule has 0 aliphatic heterocycles. The SMILES string of the molecule is CCS(=O)(=O)c1cnccc1C(=Nc1ccc(C(F)(F)F)cn1)N(C)C. The number of hydrogen-bond donors (Lipinski definition) is 0. The van der Waals surface area contributed by atoms with Crippen LogP contribution in [0.5, 0.6) is 0 Å². The highest BCUT2D eigenvalue weighted by Crippen LogP contribution is 2.29. The van der Waals surface area contributed by atoms with E-state index in [1.54, 1.807) is 19.0 Å². The van der Waals surface area contributed by atoms with Crippen LogP contribution in [-0.2, 0) is 16.0 Å². The van der Waals surface area contributed by atoms with E-state index in [1.807, 2.05) is 0 Å². The van der Waals surface area contributed by atoms with Crippen molar-refractivity contribution in [2.24, 2.45) is 4.99 Å². The average Bonchev–Trinajstić information content (AvgIpc) is 2.59. The minimum Gasteiger partial charge on any atom is -0.362 e. The second kappa shape index (κ2) is 7.40. The van der Waals surface area contributed by atoms with Gasteiger partial charge in [0.2, 0.25) is 0 Å². The van der Waals surface area contributed by atoms with Gasteiger partial charge in [0.15, 0.2) is 15.7 Å². The minimum atomic E-state index is -4.49. The normalized spacial score (nSPS) is 12.9. The number of amidine groups is 1. The van der Waals surface area contributed by atoms with Gasteiger partial charge in [-0.15, -0.1) is 0 Å². The molecule has 2 aromatic heterocycles. The van der Waals surface area contributed by atoms with Crippen LogP contribution in [-0.4, -0.2) is 49.0 Å². The summed E-state index contributed by atoms with van der Waals surface area (Å²) in [6.45, 7) is 1.51. The Morgan fingerprint density at radius 3 is 2.38 bits per heavy atom. The molecule has 2 heterocycles. The molecule has 0 bridgehead atoms. The molecule has 0 aliphatic rings. The lowest BCUT2D eigenvalue weighted by molar-refractivity contribution is -0.137. The molecule has 0 spiro atoms. The quantitative estimate of drug-likeness (QED) is 0.597. The van der Waals surface area contributed by atoms with Gasteiger partial charge >= 0.3 is 6.18 Å². The topological polar surface area (TPSA) is 75.5 Å². The van der Waals surface area contributed by atoms with Gasteiger partial charge in [0.25, 0.3) is 0 Å². The van der Waals surface area contributed by atoms with E-state index in [2.05, 4.69) is 15.0 Å². The summed E-state index contributed by atoms with van der Waals surface area (Å²) in [5, 5.41) is 0. The van der Waals surface area contributed by atoms with Crippen molar-refractivity contribution in [2.75, 3.05) is 19.8 Å². The number of nitrogens with zero attached hydrogens (tertiary/aromatic N) is 4. The number of aromatic nitrogens is 2. The van der Waals surface area contributed by atoms with Crippen molar-refractivity contribution in [3.05, 3.63) is 47.9 Å². The smallest absolute Gasteiger partial charge is 0.362 e. The number of hydrogen-bond acceptors (Lipinski definition) is 5. The highest BCUT2D eigenvalue weighted by atomic mass is 32.2. The summed E-state index contributed by atoms with van der Waals surface area (Å²) in [4.78, 5) is 13.4. The van der Waals surface area contributed by atoms with Gasteiger partial charge in [-0.1, -0.05) is 6.92 Å². The van der Waals surface area contributed by atoms with E-state index in [4.69, 9.17) is 0 Å². The number of alkyl halides is 3. The summed E-state index contributed by atoms with van der Waals surface area (Å²) in [6, 6.07) is 3.49. The lowest BCUT2D eigenvalue weighted by Gasteiger charge is -2.18. The fraction of sp³-hybridized carbons (Fsp3) is 0.312. The van der Waals surface area contributed by atoms with Crippen molar-refractivity contribution in [1.29, 1.82) is 0 Å². The van der Waals surface area contributed by atoms with Gasteiger partial charge in [-0.2, -0.15) is 13.2 Å². The van der Waals surface area contributed by atoms with Crippen molar-refractivity contribution in [1.82, 2.24) is 14.9 Å². The molecule has 6 nitrogen and oxygen atoms in total. The standard InChI is InChI=1S/C16H17F3N4O2S/c1-4-26(24,25)13-10-20-8-7-12(13)15(23(2)3)22-14-6-5-11(9-21-14)16(17,18)19/h5-10H,4H2,1-3H3. The maximum absolute atomic E-state index is 12.6. The molecule has 0 fully saturated rings. The van der Waals surface area contributed by atoms with Crippen LogP contribution in [0.2, 0.25) is 0 Å². The first-order valence-corrected chi connectivity index (χ1v) is 9.18. The highest BCUT2D eigenvalue weighted by Gasteiger charge is 2.30. The van der Waals surface area contributed by atoms with Crippen LogP contribution >= 0.6 is 0 Å². The zero-order chi connectivity index (χ0) is 19.5. The Morgan fingerprint density at radius 1 is 1.19 bits per heavy atom. The minimum absolute atomic E-state index is 0.00172. The van der Waals surface area contributed by atoms with Crippen LogP contribution in [0.1, 0.15) is 18.1 Å². The second-order valence-corrected chi connectivity index (χ2v) is 7.75. The van der Waals surface area contributed by atoms with Gasteiger partial charge in [-0.05, 0) is 18.2 Å². The third-order valence-electron chi connectivity index (χ3n) is 3.46. The number of pyridine rings is 2. The monoisotopic (exact) mass is 386 g/mol. The van der Waals surface area contributed by atoms with Gasteiger partial charge < -0.3 is 4.90 Å². The van der Waals surface area contributed by atoms with Crippen LogP contribution in [0.4, 0.5) is 19.0 Å². The van der Waals surface area contributed by atoms with Crippen molar-refractivity contribution < 1.29 is 21.6 Å². The lowest BCUT2D eigenvalue weighted by atomic mass is 10.2. The van der Waals surface area contributed by atoms with Crippen LogP contribution in [0.15, 0.2) is 46.7 Å². The fourth-order valence-corrected chi connectivity index (χ4v) is 3.12. The van der Waals surface area contributed by atoms with Crippen LogP contribution in [0, 0.1) is 0 Å². The van der Waals surface area contributed by atoms with Gasteiger partial charge in [0, 0.05) is 38.2 Å². The van der Waals surface area contributed by atoms with Crippen molar-refractivity contribution in [3.63, 3.8) is 0 Å². The summed E-state index contributed by atoms with van der Waals surface area (Å²) in [5.41, 5.74) is -0.588. The Morgan fingerprint density at radius 2 is 1.88 bits per heavy atom. The molecule has 0 radical (unpaired) electrons. The molecule has 0 atom stereocenters. The van der Waals surface area contributed by atoms with Gasteiger partial charge in [-0.25, -0.2) is 18.4 Å². The Kier molecular flexibility index (Phi) is 5.65. The molecular weight excluding hydrogens is 369 g/mol. The number of sulfone groups is 1. The summed E-state index contributed by atoms with van der Waals surface area (Å²) < 4.78 is 62.5. The molecular formula is C16H17F3N4O2S. The van der Waals surface area contributed by atoms with E-state index in [-0.39, 0.29) is 22.3 Å². The van der Waals surface area contributed by atoms with Gasteiger partial charge in [0.1, 0.15) is 5.84 Å². The Hall–Kier alpha value is -2.49. The van der Waals surface area contributed by atoms with Crippen LogP contribution in [0.25, 0.3) is 0 Å². The zero-order valence-electron chi connectivity index (χ0n) is 14.3. The van der Waals surface area contributed by atoms with Crippen molar-refractivity contribution >= 4 is 21.5 Å². The number of halogens is 3. The van der Waals surface area contributed by atoms with E-state index < -0.39 is 21.6 Å². The summed E-state index contributed by atoms with van der Waals surface area (Å²) in [5.74, 6) is 0.148. The third-order valence-corrected chi connectivity index (χ3v) is 5.22. The van der Waals surface area contributed by atoms with E-state index in [9.17, 15) is 21.6 Å². The van der Waals surface area contributed by atoms with Gasteiger partial charge in [0.05, 0.1) is 16.2 Å². The summed E-state index contributed by atoms with van der Waals surface area (Å²) >= 11 is 0. The summed E-state index contributed by atoms with van der Waals surface area (Å²) in [6.07, 6.45) is -1.16. The molecule has 2 rings (SSSR count). The molecule has 0 N–H and O–H groups in total. The largest absolute Gasteiger partial charge is 0.417 e. The number of aliphatic imine (C=N–C) groups is 1. The molecule has 2 aromatic rings. The molecule has 0 saturated heterocycles. The molecule has 0 aliphatic carbocycles. The van der Waals surface area contributed by atoms with E-state index in [0.29, 0.717) is 11.8 Å². The summed E-state index contributed by atoms with van der Waals surface area (Å²) in [7, 11) is -0.276. The van der Waals surface area contributed by atoms with Crippen molar-refractivity contribution in [2.45, 2.75) is 18.0 Å². The first-order chi connectivity index (χ1) is 12.1. The Labute approximate surface area is 149 Å². The molecule has 0 amide bonds. The predicted octanol–water partition coefficient (Wildman–Crippen LogP) is 2.93. The molecule has 0 unspecified atom stereocenters.